The second-order valence-electron chi connectivity index (χ2n) is 6.25. The number of likely N-dealkylation sites (N-methyl/N-ethyl adjacent to an activating group) is 1. The fourth-order valence-electron chi connectivity index (χ4n) is 2.38. The first-order valence-electron chi connectivity index (χ1n) is 8.45. The molecule has 2 aromatic rings. The van der Waals surface area contributed by atoms with Gasteiger partial charge in [0.25, 0.3) is 15.7 Å². The lowest BCUT2D eigenvalue weighted by atomic mass is 10.3. The Hall–Kier alpha value is -2.98. The highest BCUT2D eigenvalue weighted by Gasteiger charge is 2.27. The van der Waals surface area contributed by atoms with Crippen LogP contribution in [0.1, 0.15) is 0 Å². The summed E-state index contributed by atoms with van der Waals surface area (Å²) in [5.41, 5.74) is -0.00606. The minimum atomic E-state index is -4.03. The molecule has 28 heavy (non-hydrogen) atoms. The fourth-order valence-corrected chi connectivity index (χ4v) is 3.82. The zero-order valence-electron chi connectivity index (χ0n) is 15.6. The van der Waals surface area contributed by atoms with Gasteiger partial charge in [-0.3, -0.25) is 19.2 Å². The van der Waals surface area contributed by atoms with Crippen LogP contribution in [0.15, 0.2) is 59.5 Å². The Balaban J connectivity index is 2.33. The molecule has 0 heterocycles. The standard InChI is InChI=1S/C18H22N4O5S/c1-20(2)13-12-19-18(23)14-21(15-8-10-16(11-9-15)22(24)25)28(26,27)17-6-4-3-5-7-17/h3-11H,12-14H2,1-2H3,(H,19,23). The van der Waals surface area contributed by atoms with Crippen LogP contribution in [0, 0.1) is 10.1 Å². The summed E-state index contributed by atoms with van der Waals surface area (Å²) in [7, 11) is -0.319. The van der Waals surface area contributed by atoms with Crippen molar-refractivity contribution in [3.05, 3.63) is 64.7 Å². The number of non-ortho nitro benzene ring substituents is 1. The summed E-state index contributed by atoms with van der Waals surface area (Å²) >= 11 is 0. The molecule has 0 aromatic heterocycles. The van der Waals surface area contributed by atoms with Gasteiger partial charge in [-0.25, -0.2) is 8.42 Å². The number of sulfonamides is 1. The predicted octanol–water partition coefficient (Wildman–Crippen LogP) is 1.47. The number of hydrogen-bond donors (Lipinski definition) is 1. The van der Waals surface area contributed by atoms with Gasteiger partial charge in [-0.15, -0.1) is 0 Å². The first-order valence-corrected chi connectivity index (χ1v) is 9.89. The highest BCUT2D eigenvalue weighted by Crippen LogP contribution is 2.25. The lowest BCUT2D eigenvalue weighted by Gasteiger charge is -2.24. The Bertz CT molecular complexity index is 915. The van der Waals surface area contributed by atoms with Crippen molar-refractivity contribution in [2.24, 2.45) is 0 Å². The Morgan fingerprint density at radius 3 is 2.21 bits per heavy atom. The van der Waals surface area contributed by atoms with Crippen molar-refractivity contribution in [3.63, 3.8) is 0 Å². The minimum Gasteiger partial charge on any atom is -0.353 e. The summed E-state index contributed by atoms with van der Waals surface area (Å²) in [5.74, 6) is -0.472. The summed E-state index contributed by atoms with van der Waals surface area (Å²) in [6.45, 7) is 0.530. The first-order chi connectivity index (χ1) is 13.2. The number of hydrogen-bond acceptors (Lipinski definition) is 6. The third-order valence-corrected chi connectivity index (χ3v) is 5.64. The molecule has 0 aliphatic heterocycles. The molecule has 10 heteroatoms. The van der Waals surface area contributed by atoms with Gasteiger partial charge in [0, 0.05) is 25.2 Å². The minimum absolute atomic E-state index is 0.0226. The number of nitrogens with one attached hydrogen (secondary N) is 1. The van der Waals surface area contributed by atoms with Crippen LogP contribution in [-0.2, 0) is 14.8 Å². The third-order valence-electron chi connectivity index (χ3n) is 3.85. The molecule has 0 spiro atoms. The third kappa shape index (κ3) is 5.51. The molecule has 1 amide bonds. The highest BCUT2D eigenvalue weighted by molar-refractivity contribution is 7.92. The number of anilines is 1. The molecule has 150 valence electrons. The predicted molar refractivity (Wildman–Crippen MR) is 106 cm³/mol. The van der Waals surface area contributed by atoms with E-state index in [0.29, 0.717) is 13.1 Å². The van der Waals surface area contributed by atoms with E-state index < -0.39 is 27.4 Å². The number of amides is 1. The van der Waals surface area contributed by atoms with Crippen LogP contribution in [-0.4, -0.2) is 57.9 Å². The fraction of sp³-hybridized carbons (Fsp3) is 0.278. The van der Waals surface area contributed by atoms with Gasteiger partial charge in [-0.1, -0.05) is 18.2 Å². The van der Waals surface area contributed by atoms with Crippen molar-refractivity contribution in [1.82, 2.24) is 10.2 Å². The van der Waals surface area contributed by atoms with Gasteiger partial charge in [0.05, 0.1) is 15.5 Å². The average Bonchev–Trinajstić information content (AvgIpc) is 2.66. The molecule has 0 saturated heterocycles. The van der Waals surface area contributed by atoms with E-state index in [4.69, 9.17) is 0 Å². The maximum atomic E-state index is 13.1. The second-order valence-corrected chi connectivity index (χ2v) is 8.11. The lowest BCUT2D eigenvalue weighted by molar-refractivity contribution is -0.384. The van der Waals surface area contributed by atoms with Crippen LogP contribution in [0.4, 0.5) is 11.4 Å². The van der Waals surface area contributed by atoms with Crippen LogP contribution >= 0.6 is 0 Å². The summed E-state index contributed by atoms with van der Waals surface area (Å²) in [5, 5.41) is 13.5. The van der Waals surface area contributed by atoms with E-state index in [1.807, 2.05) is 19.0 Å². The van der Waals surface area contributed by atoms with Crippen LogP contribution < -0.4 is 9.62 Å². The van der Waals surface area contributed by atoms with Crippen molar-refractivity contribution in [3.8, 4) is 0 Å². The Morgan fingerprint density at radius 2 is 1.68 bits per heavy atom. The van der Waals surface area contributed by atoms with Gasteiger partial charge in [0.15, 0.2) is 0 Å². The number of carbonyl (C=O) groups excluding carboxylic acids is 1. The largest absolute Gasteiger partial charge is 0.353 e. The zero-order chi connectivity index (χ0) is 20.7. The van der Waals surface area contributed by atoms with E-state index in [2.05, 4.69) is 5.32 Å². The average molecular weight is 406 g/mol. The van der Waals surface area contributed by atoms with E-state index in [-0.39, 0.29) is 16.3 Å². The van der Waals surface area contributed by atoms with Gasteiger partial charge in [-0.05, 0) is 38.4 Å². The Kier molecular flexibility index (Phi) is 7.07. The van der Waals surface area contributed by atoms with Gasteiger partial charge < -0.3 is 10.2 Å². The first kappa shape index (κ1) is 21.3. The van der Waals surface area contributed by atoms with Crippen LogP contribution in [0.2, 0.25) is 0 Å². The van der Waals surface area contributed by atoms with Gasteiger partial charge in [0.1, 0.15) is 6.54 Å². The topological polar surface area (TPSA) is 113 Å². The molecule has 2 rings (SSSR count). The lowest BCUT2D eigenvalue weighted by Crippen LogP contribution is -2.42. The van der Waals surface area contributed by atoms with Crippen molar-refractivity contribution in [2.45, 2.75) is 4.90 Å². The number of nitro groups is 1. The van der Waals surface area contributed by atoms with E-state index in [0.717, 1.165) is 4.31 Å². The summed E-state index contributed by atoms with van der Waals surface area (Å²) in [6, 6.07) is 12.7. The molecule has 1 N–H and O–H groups in total. The smallest absolute Gasteiger partial charge is 0.269 e. The zero-order valence-corrected chi connectivity index (χ0v) is 16.4. The van der Waals surface area contributed by atoms with Gasteiger partial charge in [-0.2, -0.15) is 0 Å². The van der Waals surface area contributed by atoms with Crippen LogP contribution in [0.25, 0.3) is 0 Å². The summed E-state index contributed by atoms with van der Waals surface area (Å²) in [6.07, 6.45) is 0. The molecule has 0 atom stereocenters. The van der Waals surface area contributed by atoms with E-state index in [1.54, 1.807) is 18.2 Å². The SMILES string of the molecule is CN(C)CCNC(=O)CN(c1ccc([N+](=O)[O-])cc1)S(=O)(=O)c1ccccc1. The van der Waals surface area contributed by atoms with Crippen molar-refractivity contribution < 1.29 is 18.1 Å². The van der Waals surface area contributed by atoms with E-state index in [1.165, 1.54) is 36.4 Å². The van der Waals surface area contributed by atoms with Crippen molar-refractivity contribution in [1.29, 1.82) is 0 Å². The monoisotopic (exact) mass is 406 g/mol. The van der Waals surface area contributed by atoms with Crippen LogP contribution in [0.5, 0.6) is 0 Å². The Morgan fingerprint density at radius 1 is 1.07 bits per heavy atom. The van der Waals surface area contributed by atoms with Crippen molar-refractivity contribution >= 4 is 27.3 Å². The molecule has 0 bridgehead atoms. The number of benzene rings is 2. The number of nitro benzene ring substituents is 1. The molecule has 0 aliphatic carbocycles. The van der Waals surface area contributed by atoms with Crippen molar-refractivity contribution in [2.75, 3.05) is 38.0 Å². The van der Waals surface area contributed by atoms with E-state index >= 15 is 0 Å². The molecule has 0 aliphatic rings. The maximum Gasteiger partial charge on any atom is 0.269 e. The molecular formula is C18H22N4O5S. The molecule has 0 saturated carbocycles. The summed E-state index contributed by atoms with van der Waals surface area (Å²) < 4.78 is 27.1. The number of rotatable bonds is 9. The number of nitrogens with zero attached hydrogens (tertiary/aromatic N) is 3. The molecule has 0 fully saturated rings. The maximum absolute atomic E-state index is 13.1. The molecular weight excluding hydrogens is 384 g/mol. The quantitative estimate of drug-likeness (QED) is 0.498. The number of carbonyl (C=O) groups is 1. The Labute approximate surface area is 163 Å². The van der Waals surface area contributed by atoms with Gasteiger partial charge >= 0.3 is 0 Å². The molecule has 0 unspecified atom stereocenters. The van der Waals surface area contributed by atoms with Gasteiger partial charge in [0.2, 0.25) is 5.91 Å². The summed E-state index contributed by atoms with van der Waals surface area (Å²) in [4.78, 5) is 24.5. The molecule has 2 aromatic carbocycles. The molecule has 9 nitrogen and oxygen atoms in total. The van der Waals surface area contributed by atoms with E-state index in [9.17, 15) is 23.3 Å². The van der Waals surface area contributed by atoms with Crippen LogP contribution in [0.3, 0.4) is 0 Å². The normalized spacial score (nSPS) is 11.2. The highest BCUT2D eigenvalue weighted by atomic mass is 32.2. The molecule has 0 radical (unpaired) electrons. The second kappa shape index (κ2) is 9.29.